The van der Waals surface area contributed by atoms with Gasteiger partial charge in [0.05, 0.1) is 13.1 Å². The fraction of sp³-hybridized carbons (Fsp3) is 0.667. The normalized spacial score (nSPS) is 12.6. The number of aliphatic carboxylic acids is 1. The Balaban J connectivity index is 4.96. The summed E-state index contributed by atoms with van der Waals surface area (Å²) >= 11 is 0. The average molecular weight is 387 g/mol. The third-order valence-electron chi connectivity index (χ3n) is 3.46. The van der Waals surface area contributed by atoms with E-state index < -0.39 is 35.8 Å². The lowest BCUT2D eigenvalue weighted by Crippen LogP contribution is -2.54. The molecule has 10 N–H and O–H groups in total. The summed E-state index contributed by atoms with van der Waals surface area (Å²) in [5.41, 5.74) is 15.6. The predicted octanol–water partition coefficient (Wildman–Crippen LogP) is -3.17. The van der Waals surface area contributed by atoms with Crippen molar-refractivity contribution in [1.29, 1.82) is 0 Å². The van der Waals surface area contributed by atoms with Crippen LogP contribution >= 0.6 is 0 Å². The van der Waals surface area contributed by atoms with E-state index in [0.717, 1.165) is 0 Å². The standard InChI is InChI=1S/C15H29N7O5/c1-8(2)12(14(26)27)22-13(25)9(4-3-5-19-15(17)18)21-11(24)7-20-10(23)6-16/h8-9,12H,3-7,16H2,1-2H3,(H,20,23)(H,21,24)(H,22,25)(H,26,27)(H4,17,18,19). The number of amides is 3. The van der Waals surface area contributed by atoms with Crippen molar-refractivity contribution in [2.75, 3.05) is 19.6 Å². The SMILES string of the molecule is CC(C)C(NC(=O)C(CCCN=C(N)N)NC(=O)CNC(=O)CN)C(=O)O. The Hall–Kier alpha value is -2.89. The highest BCUT2D eigenvalue weighted by Crippen LogP contribution is 2.05. The lowest BCUT2D eigenvalue weighted by Gasteiger charge is -2.23. The number of nitrogens with one attached hydrogen (secondary N) is 3. The van der Waals surface area contributed by atoms with Gasteiger partial charge in [-0.25, -0.2) is 4.79 Å². The van der Waals surface area contributed by atoms with E-state index in [0.29, 0.717) is 6.42 Å². The van der Waals surface area contributed by atoms with Crippen LogP contribution in [0.2, 0.25) is 0 Å². The van der Waals surface area contributed by atoms with Gasteiger partial charge in [-0.15, -0.1) is 0 Å². The molecule has 0 aliphatic heterocycles. The van der Waals surface area contributed by atoms with Crippen molar-refractivity contribution >= 4 is 29.7 Å². The van der Waals surface area contributed by atoms with E-state index in [4.69, 9.17) is 17.2 Å². The van der Waals surface area contributed by atoms with Gasteiger partial charge in [0.25, 0.3) is 0 Å². The van der Waals surface area contributed by atoms with Gasteiger partial charge in [0, 0.05) is 6.54 Å². The van der Waals surface area contributed by atoms with Crippen molar-refractivity contribution in [3.8, 4) is 0 Å². The maximum atomic E-state index is 12.4. The molecule has 0 saturated carbocycles. The van der Waals surface area contributed by atoms with Crippen LogP contribution in [0.1, 0.15) is 26.7 Å². The number of hydrogen-bond donors (Lipinski definition) is 7. The van der Waals surface area contributed by atoms with Crippen molar-refractivity contribution < 1.29 is 24.3 Å². The van der Waals surface area contributed by atoms with E-state index in [2.05, 4.69) is 20.9 Å². The fourth-order valence-electron chi connectivity index (χ4n) is 2.04. The molecule has 0 spiro atoms. The number of carbonyl (C=O) groups is 4. The average Bonchev–Trinajstić information content (AvgIpc) is 2.58. The first kappa shape index (κ1) is 24.1. The molecule has 154 valence electrons. The summed E-state index contributed by atoms with van der Waals surface area (Å²) in [6.45, 7) is 2.89. The first-order valence-electron chi connectivity index (χ1n) is 8.43. The molecule has 27 heavy (non-hydrogen) atoms. The summed E-state index contributed by atoms with van der Waals surface area (Å²) in [4.78, 5) is 50.5. The number of carboxylic acid groups (broad SMARTS) is 1. The zero-order chi connectivity index (χ0) is 21.0. The molecule has 0 aliphatic carbocycles. The molecule has 0 bridgehead atoms. The molecular formula is C15H29N7O5. The maximum Gasteiger partial charge on any atom is 0.326 e. The number of aliphatic imine (C=N–C) groups is 1. The monoisotopic (exact) mass is 387 g/mol. The quantitative estimate of drug-likeness (QED) is 0.103. The highest BCUT2D eigenvalue weighted by molar-refractivity contribution is 5.92. The van der Waals surface area contributed by atoms with Crippen molar-refractivity contribution in [2.24, 2.45) is 28.1 Å². The maximum absolute atomic E-state index is 12.4. The smallest absolute Gasteiger partial charge is 0.326 e. The van der Waals surface area contributed by atoms with E-state index >= 15 is 0 Å². The van der Waals surface area contributed by atoms with Gasteiger partial charge < -0.3 is 38.3 Å². The summed E-state index contributed by atoms with van der Waals surface area (Å²) in [5, 5.41) is 16.3. The Labute approximate surface area is 157 Å². The Morgan fingerprint density at radius 1 is 1.07 bits per heavy atom. The molecule has 0 aromatic heterocycles. The van der Waals surface area contributed by atoms with E-state index in [1.54, 1.807) is 13.8 Å². The molecule has 2 atom stereocenters. The molecule has 0 rings (SSSR count). The third-order valence-corrected chi connectivity index (χ3v) is 3.46. The topological polar surface area (TPSA) is 215 Å². The molecule has 12 heteroatoms. The molecule has 0 saturated heterocycles. The van der Waals surface area contributed by atoms with Gasteiger partial charge in [-0.3, -0.25) is 19.4 Å². The van der Waals surface area contributed by atoms with Crippen LogP contribution in [0, 0.1) is 5.92 Å². The number of guanidine groups is 1. The van der Waals surface area contributed by atoms with Crippen LogP contribution in [-0.4, -0.2) is 66.5 Å². The summed E-state index contributed by atoms with van der Waals surface area (Å²) in [6, 6.07) is -2.12. The van der Waals surface area contributed by atoms with Crippen LogP contribution in [0.5, 0.6) is 0 Å². The predicted molar refractivity (Wildman–Crippen MR) is 98.3 cm³/mol. The molecule has 0 aromatic rings. The van der Waals surface area contributed by atoms with Crippen LogP contribution in [-0.2, 0) is 19.2 Å². The number of nitrogens with two attached hydrogens (primary N) is 3. The van der Waals surface area contributed by atoms with Crippen molar-refractivity contribution in [3.63, 3.8) is 0 Å². The lowest BCUT2D eigenvalue weighted by atomic mass is 10.0. The number of rotatable bonds is 12. The van der Waals surface area contributed by atoms with Gasteiger partial charge in [0.15, 0.2) is 5.96 Å². The van der Waals surface area contributed by atoms with Gasteiger partial charge in [-0.1, -0.05) is 13.8 Å². The minimum atomic E-state index is -1.18. The number of carbonyl (C=O) groups excluding carboxylic acids is 3. The number of carboxylic acids is 1. The second-order valence-corrected chi connectivity index (χ2v) is 6.12. The van der Waals surface area contributed by atoms with Crippen LogP contribution in [0.15, 0.2) is 4.99 Å². The van der Waals surface area contributed by atoms with E-state index in [-0.39, 0.29) is 37.9 Å². The molecule has 3 amide bonds. The molecule has 2 unspecified atom stereocenters. The molecular weight excluding hydrogens is 358 g/mol. The highest BCUT2D eigenvalue weighted by atomic mass is 16.4. The first-order valence-corrected chi connectivity index (χ1v) is 8.43. The Kier molecular flexibility index (Phi) is 11.1. The van der Waals surface area contributed by atoms with Crippen LogP contribution in [0.3, 0.4) is 0 Å². The fourth-order valence-corrected chi connectivity index (χ4v) is 2.04. The minimum absolute atomic E-state index is 0.102. The Bertz CT molecular complexity index is 561. The van der Waals surface area contributed by atoms with E-state index in [9.17, 15) is 24.3 Å². The molecule has 0 heterocycles. The van der Waals surface area contributed by atoms with Gasteiger partial charge >= 0.3 is 5.97 Å². The van der Waals surface area contributed by atoms with Crippen molar-refractivity contribution in [3.05, 3.63) is 0 Å². The van der Waals surface area contributed by atoms with Gasteiger partial charge in [-0.05, 0) is 18.8 Å². The number of nitrogens with zero attached hydrogens (tertiary/aromatic N) is 1. The first-order chi connectivity index (χ1) is 12.6. The van der Waals surface area contributed by atoms with E-state index in [1.165, 1.54) is 0 Å². The van der Waals surface area contributed by atoms with Crippen LogP contribution in [0.4, 0.5) is 0 Å². The highest BCUT2D eigenvalue weighted by Gasteiger charge is 2.28. The van der Waals surface area contributed by atoms with E-state index in [1.807, 2.05) is 0 Å². The molecule has 12 nitrogen and oxygen atoms in total. The van der Waals surface area contributed by atoms with Crippen LogP contribution < -0.4 is 33.2 Å². The van der Waals surface area contributed by atoms with Crippen molar-refractivity contribution in [2.45, 2.75) is 38.8 Å². The van der Waals surface area contributed by atoms with Gasteiger partial charge in [-0.2, -0.15) is 0 Å². The summed E-state index contributed by atoms with van der Waals surface area (Å²) in [7, 11) is 0. The summed E-state index contributed by atoms with van der Waals surface area (Å²) in [6.07, 6.45) is 0.536. The second-order valence-electron chi connectivity index (χ2n) is 6.12. The summed E-state index contributed by atoms with van der Waals surface area (Å²) < 4.78 is 0. The third kappa shape index (κ3) is 10.6. The Morgan fingerprint density at radius 2 is 1.70 bits per heavy atom. The number of hydrogen-bond acceptors (Lipinski definition) is 6. The van der Waals surface area contributed by atoms with Gasteiger partial charge in [0.1, 0.15) is 12.1 Å². The minimum Gasteiger partial charge on any atom is -0.480 e. The molecule has 0 aromatic carbocycles. The largest absolute Gasteiger partial charge is 0.480 e. The molecule has 0 aliphatic rings. The lowest BCUT2D eigenvalue weighted by molar-refractivity contribution is -0.143. The zero-order valence-corrected chi connectivity index (χ0v) is 15.5. The van der Waals surface area contributed by atoms with Crippen molar-refractivity contribution in [1.82, 2.24) is 16.0 Å². The summed E-state index contributed by atoms with van der Waals surface area (Å²) in [5.74, 6) is -3.43. The van der Waals surface area contributed by atoms with Gasteiger partial charge in [0.2, 0.25) is 17.7 Å². The molecule has 0 fully saturated rings. The van der Waals surface area contributed by atoms with Crippen LogP contribution in [0.25, 0.3) is 0 Å². The Morgan fingerprint density at radius 3 is 2.19 bits per heavy atom. The second kappa shape index (κ2) is 12.5. The molecule has 0 radical (unpaired) electrons. The zero-order valence-electron chi connectivity index (χ0n) is 15.5.